The average Bonchev–Trinajstić information content (AvgIpc) is 2.31. The molecule has 1 saturated heterocycles. The molecule has 20 heavy (non-hydrogen) atoms. The van der Waals surface area contributed by atoms with Crippen LogP contribution in [-0.4, -0.2) is 40.5 Å². The fourth-order valence-corrected chi connectivity index (χ4v) is 2.33. The highest BCUT2D eigenvalue weighted by molar-refractivity contribution is 5.96. The Morgan fingerprint density at radius 3 is 2.45 bits per heavy atom. The maximum absolute atomic E-state index is 12.1. The summed E-state index contributed by atoms with van der Waals surface area (Å²) in [5.41, 5.74) is -1.18. The minimum Gasteiger partial charge on any atom is -0.481 e. The second-order valence-electron chi connectivity index (χ2n) is 6.27. The zero-order valence-electron chi connectivity index (χ0n) is 12.6. The molecule has 0 radical (unpaired) electrons. The molecule has 6 heteroatoms. The summed E-state index contributed by atoms with van der Waals surface area (Å²) < 4.78 is 0. The van der Waals surface area contributed by atoms with Crippen LogP contribution in [0.3, 0.4) is 0 Å². The topological polar surface area (TPSA) is 86.7 Å². The van der Waals surface area contributed by atoms with E-state index in [9.17, 15) is 14.4 Å². The number of likely N-dealkylation sites (tertiary alicyclic amines) is 1. The number of piperidine rings is 1. The quantitative estimate of drug-likeness (QED) is 0.828. The standard InChI is InChI=1S/C14H24N2O4/c1-9-6-5-7-16(10(9)2)13(20)15-11(17)8-14(3,4)12(18)19/h9-10H,5-8H2,1-4H3,(H,18,19)(H,15,17,20). The monoisotopic (exact) mass is 284 g/mol. The maximum Gasteiger partial charge on any atom is 0.324 e. The number of hydrogen-bond donors (Lipinski definition) is 2. The highest BCUT2D eigenvalue weighted by Gasteiger charge is 2.33. The highest BCUT2D eigenvalue weighted by atomic mass is 16.4. The van der Waals surface area contributed by atoms with Gasteiger partial charge in [-0.05, 0) is 39.5 Å². The van der Waals surface area contributed by atoms with Gasteiger partial charge < -0.3 is 10.0 Å². The lowest BCUT2D eigenvalue weighted by Gasteiger charge is -2.37. The molecule has 0 aliphatic carbocycles. The van der Waals surface area contributed by atoms with E-state index >= 15 is 0 Å². The van der Waals surface area contributed by atoms with Crippen molar-refractivity contribution < 1.29 is 19.5 Å². The van der Waals surface area contributed by atoms with Crippen molar-refractivity contribution in [1.29, 1.82) is 0 Å². The van der Waals surface area contributed by atoms with Gasteiger partial charge in [0.25, 0.3) is 0 Å². The van der Waals surface area contributed by atoms with Crippen molar-refractivity contribution in [2.75, 3.05) is 6.54 Å². The maximum atomic E-state index is 12.1. The minimum atomic E-state index is -1.18. The van der Waals surface area contributed by atoms with Crippen LogP contribution in [0.1, 0.15) is 47.0 Å². The summed E-state index contributed by atoms with van der Waals surface area (Å²) in [6, 6.07) is -0.334. The van der Waals surface area contributed by atoms with Crippen molar-refractivity contribution in [3.05, 3.63) is 0 Å². The number of imide groups is 1. The number of urea groups is 1. The summed E-state index contributed by atoms with van der Waals surface area (Å²) >= 11 is 0. The number of rotatable bonds is 3. The number of nitrogens with zero attached hydrogens (tertiary/aromatic N) is 1. The number of nitrogens with one attached hydrogen (secondary N) is 1. The zero-order valence-corrected chi connectivity index (χ0v) is 12.6. The molecule has 0 spiro atoms. The lowest BCUT2D eigenvalue weighted by molar-refractivity contribution is -0.149. The van der Waals surface area contributed by atoms with Gasteiger partial charge in [0.05, 0.1) is 5.41 Å². The number of carboxylic acid groups (broad SMARTS) is 1. The molecule has 0 aromatic heterocycles. The highest BCUT2D eigenvalue weighted by Crippen LogP contribution is 2.23. The number of amides is 3. The lowest BCUT2D eigenvalue weighted by atomic mass is 9.89. The molecule has 114 valence electrons. The van der Waals surface area contributed by atoms with Crippen LogP contribution in [0.5, 0.6) is 0 Å². The molecule has 0 bridgehead atoms. The molecule has 1 aliphatic rings. The molecule has 1 aliphatic heterocycles. The normalized spacial score (nSPS) is 23.3. The average molecular weight is 284 g/mol. The summed E-state index contributed by atoms with van der Waals surface area (Å²) in [5, 5.41) is 11.3. The molecule has 1 fully saturated rings. The van der Waals surface area contributed by atoms with E-state index in [2.05, 4.69) is 12.2 Å². The first-order valence-corrected chi connectivity index (χ1v) is 6.99. The Morgan fingerprint density at radius 1 is 1.30 bits per heavy atom. The predicted molar refractivity (Wildman–Crippen MR) is 74.1 cm³/mol. The Balaban J connectivity index is 2.58. The van der Waals surface area contributed by atoms with Gasteiger partial charge in [-0.1, -0.05) is 6.92 Å². The SMILES string of the molecule is CC1CCCN(C(=O)NC(=O)CC(C)(C)C(=O)O)C1C. The number of carbonyl (C=O) groups is 3. The molecule has 0 saturated carbocycles. The van der Waals surface area contributed by atoms with Crippen LogP contribution >= 0.6 is 0 Å². The predicted octanol–water partition coefficient (Wildman–Crippen LogP) is 1.84. The first kappa shape index (κ1) is 16.5. The van der Waals surface area contributed by atoms with Crippen LogP contribution < -0.4 is 5.32 Å². The Hall–Kier alpha value is -1.59. The summed E-state index contributed by atoms with van der Waals surface area (Å²) in [4.78, 5) is 36.5. The van der Waals surface area contributed by atoms with Gasteiger partial charge >= 0.3 is 12.0 Å². The fourth-order valence-electron chi connectivity index (χ4n) is 2.33. The Morgan fingerprint density at radius 2 is 1.90 bits per heavy atom. The Kier molecular flexibility index (Phi) is 5.14. The third-order valence-corrected chi connectivity index (χ3v) is 4.06. The van der Waals surface area contributed by atoms with Crippen LogP contribution in [0.25, 0.3) is 0 Å². The molecule has 2 unspecified atom stereocenters. The summed E-state index contributed by atoms with van der Waals surface area (Å²) in [6.45, 7) is 7.61. The van der Waals surface area contributed by atoms with Gasteiger partial charge in [-0.2, -0.15) is 0 Å². The van der Waals surface area contributed by atoms with Gasteiger partial charge in [0.2, 0.25) is 5.91 Å². The fraction of sp³-hybridized carbons (Fsp3) is 0.786. The smallest absolute Gasteiger partial charge is 0.324 e. The summed E-state index contributed by atoms with van der Waals surface area (Å²) in [5.74, 6) is -1.20. The molecule has 0 aromatic rings. The number of hydrogen-bond acceptors (Lipinski definition) is 3. The van der Waals surface area contributed by atoms with Crippen molar-refractivity contribution in [2.24, 2.45) is 11.3 Å². The molecule has 2 N–H and O–H groups in total. The Bertz CT molecular complexity index is 406. The van der Waals surface area contributed by atoms with E-state index < -0.39 is 23.3 Å². The van der Waals surface area contributed by atoms with E-state index in [1.807, 2.05) is 6.92 Å². The van der Waals surface area contributed by atoms with E-state index in [4.69, 9.17) is 5.11 Å². The number of aliphatic carboxylic acids is 1. The van der Waals surface area contributed by atoms with Gasteiger partial charge in [0, 0.05) is 19.0 Å². The molecule has 1 rings (SSSR count). The number of carbonyl (C=O) groups excluding carboxylic acids is 2. The summed E-state index contributed by atoms with van der Waals surface area (Å²) in [7, 11) is 0. The van der Waals surface area contributed by atoms with Gasteiger partial charge in [-0.25, -0.2) is 4.79 Å². The second-order valence-corrected chi connectivity index (χ2v) is 6.27. The van der Waals surface area contributed by atoms with Crippen molar-refractivity contribution in [3.63, 3.8) is 0 Å². The molecular weight excluding hydrogens is 260 g/mol. The first-order chi connectivity index (χ1) is 9.15. The van der Waals surface area contributed by atoms with E-state index in [-0.39, 0.29) is 12.5 Å². The van der Waals surface area contributed by atoms with Crippen molar-refractivity contribution in [2.45, 2.75) is 53.0 Å². The zero-order chi connectivity index (χ0) is 15.5. The van der Waals surface area contributed by atoms with Gasteiger partial charge in [0.15, 0.2) is 0 Å². The minimum absolute atomic E-state index is 0.0871. The van der Waals surface area contributed by atoms with Crippen LogP contribution in [-0.2, 0) is 9.59 Å². The second kappa shape index (κ2) is 6.24. The lowest BCUT2D eigenvalue weighted by Crippen LogP contribution is -2.52. The Labute approximate surface area is 119 Å². The van der Waals surface area contributed by atoms with Crippen LogP contribution in [0.2, 0.25) is 0 Å². The molecule has 3 amide bonds. The summed E-state index contributed by atoms with van der Waals surface area (Å²) in [6.07, 6.45) is 1.78. The van der Waals surface area contributed by atoms with E-state index in [0.29, 0.717) is 12.5 Å². The van der Waals surface area contributed by atoms with Crippen molar-refractivity contribution >= 4 is 17.9 Å². The molecule has 1 heterocycles. The molecule has 6 nitrogen and oxygen atoms in total. The van der Waals surface area contributed by atoms with Crippen LogP contribution in [0.15, 0.2) is 0 Å². The molecule has 2 atom stereocenters. The molecule has 0 aromatic carbocycles. The number of carboxylic acids is 1. The van der Waals surface area contributed by atoms with Crippen molar-refractivity contribution in [1.82, 2.24) is 10.2 Å². The first-order valence-electron chi connectivity index (χ1n) is 6.99. The van der Waals surface area contributed by atoms with E-state index in [1.165, 1.54) is 13.8 Å². The molecular formula is C14H24N2O4. The largest absolute Gasteiger partial charge is 0.481 e. The van der Waals surface area contributed by atoms with E-state index in [1.54, 1.807) is 4.90 Å². The third-order valence-electron chi connectivity index (χ3n) is 4.06. The van der Waals surface area contributed by atoms with Gasteiger partial charge in [-0.15, -0.1) is 0 Å². The van der Waals surface area contributed by atoms with Gasteiger partial charge in [-0.3, -0.25) is 14.9 Å². The van der Waals surface area contributed by atoms with Gasteiger partial charge in [0.1, 0.15) is 0 Å². The van der Waals surface area contributed by atoms with Crippen LogP contribution in [0, 0.1) is 11.3 Å². The van der Waals surface area contributed by atoms with Crippen molar-refractivity contribution in [3.8, 4) is 0 Å². The van der Waals surface area contributed by atoms with E-state index in [0.717, 1.165) is 12.8 Å². The van der Waals surface area contributed by atoms with Crippen LogP contribution in [0.4, 0.5) is 4.79 Å². The third kappa shape index (κ3) is 3.95.